The van der Waals surface area contributed by atoms with E-state index in [0.717, 1.165) is 46.5 Å². The first-order valence-corrected chi connectivity index (χ1v) is 11.0. The number of carbonyl (C=O) groups excluding carboxylic acids is 1. The van der Waals surface area contributed by atoms with Crippen LogP contribution in [0.15, 0.2) is 53.4 Å². The lowest BCUT2D eigenvalue weighted by atomic mass is 10.1. The summed E-state index contributed by atoms with van der Waals surface area (Å²) in [6.45, 7) is 3.67. The van der Waals surface area contributed by atoms with Crippen LogP contribution < -0.4 is 0 Å². The molecule has 25 heavy (non-hydrogen) atoms. The van der Waals surface area contributed by atoms with E-state index in [4.69, 9.17) is 11.6 Å². The van der Waals surface area contributed by atoms with Gasteiger partial charge in [-0.05, 0) is 35.9 Å². The third-order valence-electron chi connectivity index (χ3n) is 4.30. The Morgan fingerprint density at radius 3 is 2.76 bits per heavy atom. The zero-order valence-electron chi connectivity index (χ0n) is 14.3. The molecule has 0 bridgehead atoms. The van der Waals surface area contributed by atoms with Crippen LogP contribution in [0.1, 0.15) is 34.5 Å². The van der Waals surface area contributed by atoms with Gasteiger partial charge in [0.2, 0.25) is 0 Å². The molecule has 2 aromatic carbocycles. The van der Waals surface area contributed by atoms with Crippen molar-refractivity contribution in [3.05, 3.63) is 64.7 Å². The Bertz CT molecular complexity index is 737. The smallest absolute Gasteiger partial charge is 0.255 e. The molecule has 0 spiro atoms. The zero-order chi connectivity index (χ0) is 17.6. The first kappa shape index (κ1) is 18.7. The Kier molecular flexibility index (Phi) is 6.74. The highest BCUT2D eigenvalue weighted by molar-refractivity contribution is 7.99. The third kappa shape index (κ3) is 4.55. The van der Waals surface area contributed by atoms with Gasteiger partial charge < -0.3 is 4.90 Å². The zero-order valence-corrected chi connectivity index (χ0v) is 16.7. The van der Waals surface area contributed by atoms with Gasteiger partial charge in [0.15, 0.2) is 0 Å². The molecule has 1 aliphatic rings. The van der Waals surface area contributed by atoms with Crippen LogP contribution >= 0.6 is 35.1 Å². The number of amides is 1. The SMILES string of the molecule is CCSc1ccccc1C(=O)N1CCSC(c2ccccc2Cl)CC1. The summed E-state index contributed by atoms with van der Waals surface area (Å²) in [5.41, 5.74) is 2.01. The van der Waals surface area contributed by atoms with E-state index in [9.17, 15) is 4.79 Å². The Hall–Kier alpha value is -1.10. The summed E-state index contributed by atoms with van der Waals surface area (Å²) in [5, 5.41) is 1.18. The fraction of sp³-hybridized carbons (Fsp3) is 0.350. The molecule has 1 aliphatic heterocycles. The van der Waals surface area contributed by atoms with Gasteiger partial charge in [-0.1, -0.05) is 48.9 Å². The van der Waals surface area contributed by atoms with E-state index in [1.165, 1.54) is 5.56 Å². The second-order valence-corrected chi connectivity index (χ2v) is 8.91. The monoisotopic (exact) mass is 391 g/mol. The van der Waals surface area contributed by atoms with E-state index < -0.39 is 0 Å². The molecule has 0 radical (unpaired) electrons. The Morgan fingerprint density at radius 1 is 1.20 bits per heavy atom. The van der Waals surface area contributed by atoms with Gasteiger partial charge in [0.1, 0.15) is 0 Å². The predicted molar refractivity (Wildman–Crippen MR) is 110 cm³/mol. The Morgan fingerprint density at radius 2 is 1.96 bits per heavy atom. The van der Waals surface area contributed by atoms with Gasteiger partial charge in [-0.3, -0.25) is 4.79 Å². The second-order valence-electron chi connectivity index (χ2n) is 5.89. The van der Waals surface area contributed by atoms with Crippen LogP contribution in [0.3, 0.4) is 0 Å². The quantitative estimate of drug-likeness (QED) is 0.617. The van der Waals surface area contributed by atoms with E-state index in [1.807, 2.05) is 59.1 Å². The van der Waals surface area contributed by atoms with Gasteiger partial charge >= 0.3 is 0 Å². The van der Waals surface area contributed by atoms with Crippen molar-refractivity contribution in [1.29, 1.82) is 0 Å². The number of benzene rings is 2. The minimum atomic E-state index is 0.150. The molecule has 1 heterocycles. The standard InChI is InChI=1S/C20H22ClNOS2/c1-2-24-18-10-6-4-8-16(18)20(23)22-12-11-19(25-14-13-22)15-7-3-5-9-17(15)21/h3-10,19H,2,11-14H2,1H3. The lowest BCUT2D eigenvalue weighted by Crippen LogP contribution is -2.33. The molecule has 0 aliphatic carbocycles. The van der Waals surface area contributed by atoms with Crippen LogP contribution in [0.2, 0.25) is 5.02 Å². The summed E-state index contributed by atoms with van der Waals surface area (Å²) >= 11 is 9.99. The normalized spacial score (nSPS) is 18.0. The highest BCUT2D eigenvalue weighted by atomic mass is 35.5. The highest BCUT2D eigenvalue weighted by Crippen LogP contribution is 2.38. The maximum atomic E-state index is 13.0. The van der Waals surface area contributed by atoms with E-state index in [2.05, 4.69) is 13.0 Å². The molecule has 1 atom stereocenters. The van der Waals surface area contributed by atoms with Crippen molar-refractivity contribution in [2.24, 2.45) is 0 Å². The van der Waals surface area contributed by atoms with Crippen molar-refractivity contribution in [3.63, 3.8) is 0 Å². The van der Waals surface area contributed by atoms with Gasteiger partial charge in [0.25, 0.3) is 5.91 Å². The number of nitrogens with zero attached hydrogens (tertiary/aromatic N) is 1. The molecule has 1 fully saturated rings. The fourth-order valence-electron chi connectivity index (χ4n) is 3.05. The molecule has 2 nitrogen and oxygen atoms in total. The van der Waals surface area contributed by atoms with Crippen molar-refractivity contribution in [2.75, 3.05) is 24.6 Å². The topological polar surface area (TPSA) is 20.3 Å². The maximum absolute atomic E-state index is 13.0. The lowest BCUT2D eigenvalue weighted by molar-refractivity contribution is 0.0763. The van der Waals surface area contributed by atoms with Crippen LogP contribution in [0.5, 0.6) is 0 Å². The van der Waals surface area contributed by atoms with Crippen LogP contribution in [-0.2, 0) is 0 Å². The predicted octanol–water partition coefficient (Wildman–Crippen LogP) is 5.77. The Balaban J connectivity index is 1.73. The van der Waals surface area contributed by atoms with Crippen LogP contribution in [-0.4, -0.2) is 35.4 Å². The summed E-state index contributed by atoms with van der Waals surface area (Å²) < 4.78 is 0. The number of halogens is 1. The molecule has 0 saturated carbocycles. The van der Waals surface area contributed by atoms with Crippen molar-refractivity contribution in [3.8, 4) is 0 Å². The number of thioether (sulfide) groups is 2. The summed E-state index contributed by atoms with van der Waals surface area (Å²) in [6.07, 6.45) is 0.934. The van der Waals surface area contributed by atoms with Crippen molar-refractivity contribution >= 4 is 41.0 Å². The summed E-state index contributed by atoms with van der Waals surface area (Å²) in [7, 11) is 0. The molecule has 5 heteroatoms. The summed E-state index contributed by atoms with van der Waals surface area (Å²) in [5.74, 6) is 2.05. The van der Waals surface area contributed by atoms with E-state index in [0.29, 0.717) is 5.25 Å². The third-order valence-corrected chi connectivity index (χ3v) is 6.91. The molecule has 3 rings (SSSR count). The lowest BCUT2D eigenvalue weighted by Gasteiger charge is -2.22. The molecule has 132 valence electrons. The van der Waals surface area contributed by atoms with Gasteiger partial charge in [-0.25, -0.2) is 0 Å². The largest absolute Gasteiger partial charge is 0.338 e. The van der Waals surface area contributed by atoms with Gasteiger partial charge in [-0.2, -0.15) is 11.8 Å². The van der Waals surface area contributed by atoms with Crippen molar-refractivity contribution in [2.45, 2.75) is 23.5 Å². The molecule has 1 amide bonds. The van der Waals surface area contributed by atoms with Crippen molar-refractivity contribution in [1.82, 2.24) is 4.90 Å². The fourth-order valence-corrected chi connectivity index (χ4v) is 5.45. The van der Waals surface area contributed by atoms with Crippen LogP contribution in [0.4, 0.5) is 0 Å². The molecular formula is C20H22ClNOS2. The van der Waals surface area contributed by atoms with E-state index in [1.54, 1.807) is 11.8 Å². The highest BCUT2D eigenvalue weighted by Gasteiger charge is 2.25. The molecule has 1 saturated heterocycles. The van der Waals surface area contributed by atoms with Gasteiger partial charge in [0.05, 0.1) is 5.56 Å². The number of carbonyl (C=O) groups is 1. The summed E-state index contributed by atoms with van der Waals surface area (Å²) in [4.78, 5) is 16.1. The summed E-state index contributed by atoms with van der Waals surface area (Å²) in [6, 6.07) is 16.0. The first-order chi connectivity index (χ1) is 12.2. The number of hydrogen-bond donors (Lipinski definition) is 0. The number of hydrogen-bond acceptors (Lipinski definition) is 3. The van der Waals surface area contributed by atoms with Crippen molar-refractivity contribution < 1.29 is 4.79 Å². The first-order valence-electron chi connectivity index (χ1n) is 8.58. The van der Waals surface area contributed by atoms with Gasteiger partial charge in [-0.15, -0.1) is 11.8 Å². The molecular weight excluding hydrogens is 370 g/mol. The number of rotatable bonds is 4. The molecule has 2 aromatic rings. The maximum Gasteiger partial charge on any atom is 0.255 e. The van der Waals surface area contributed by atoms with Crippen LogP contribution in [0, 0.1) is 0 Å². The van der Waals surface area contributed by atoms with E-state index >= 15 is 0 Å². The van der Waals surface area contributed by atoms with E-state index in [-0.39, 0.29) is 5.91 Å². The van der Waals surface area contributed by atoms with Gasteiger partial charge in [0, 0.05) is 34.0 Å². The Labute approximate surface area is 163 Å². The minimum Gasteiger partial charge on any atom is -0.338 e. The molecule has 1 unspecified atom stereocenters. The average Bonchev–Trinajstić information content (AvgIpc) is 2.88. The second kappa shape index (κ2) is 9.02. The molecule has 0 N–H and O–H groups in total. The molecule has 0 aromatic heterocycles. The average molecular weight is 392 g/mol. The minimum absolute atomic E-state index is 0.150. The van der Waals surface area contributed by atoms with Crippen LogP contribution in [0.25, 0.3) is 0 Å².